The third-order valence-electron chi connectivity index (χ3n) is 5.34. The summed E-state index contributed by atoms with van der Waals surface area (Å²) in [7, 11) is 4.47. The molecule has 2 unspecified atom stereocenters. The van der Waals surface area contributed by atoms with Gasteiger partial charge in [0.15, 0.2) is 0 Å². The fourth-order valence-electron chi connectivity index (χ4n) is 3.78. The maximum Gasteiger partial charge on any atom is 0.135 e. The fraction of sp³-hybridized carbons (Fsp3) is 0.765. The van der Waals surface area contributed by atoms with Gasteiger partial charge < -0.3 is 9.80 Å². The molecule has 2 atom stereocenters. The maximum atomic E-state index is 4.81. The zero-order chi connectivity index (χ0) is 15.0. The van der Waals surface area contributed by atoms with Gasteiger partial charge in [-0.25, -0.2) is 9.97 Å². The number of piperidine rings is 1. The molecule has 2 aliphatic rings. The largest absolute Gasteiger partial charge is 0.356 e. The van der Waals surface area contributed by atoms with Crippen LogP contribution in [0.2, 0.25) is 0 Å². The smallest absolute Gasteiger partial charge is 0.135 e. The Labute approximate surface area is 128 Å². The average Bonchev–Trinajstić information content (AvgIpc) is 2.48. The number of aryl methyl sites for hydroxylation is 2. The number of hydrogen-bond acceptors (Lipinski definition) is 4. The molecule has 0 spiro atoms. The molecule has 2 heterocycles. The first-order valence-corrected chi connectivity index (χ1v) is 8.35. The fourth-order valence-corrected chi connectivity index (χ4v) is 3.78. The predicted molar refractivity (Wildman–Crippen MR) is 86.9 cm³/mol. The third-order valence-corrected chi connectivity index (χ3v) is 5.34. The maximum absolute atomic E-state index is 4.81. The second-order valence-electron chi connectivity index (χ2n) is 6.85. The van der Waals surface area contributed by atoms with Gasteiger partial charge in [0, 0.05) is 36.9 Å². The van der Waals surface area contributed by atoms with E-state index < -0.39 is 0 Å². The van der Waals surface area contributed by atoms with Crippen molar-refractivity contribution in [1.29, 1.82) is 0 Å². The molecular formula is C17H28N4. The summed E-state index contributed by atoms with van der Waals surface area (Å²) in [6, 6.07) is 1.27. The minimum atomic E-state index is 0.608. The van der Waals surface area contributed by atoms with Gasteiger partial charge in [0.05, 0.1) is 0 Å². The zero-order valence-electron chi connectivity index (χ0n) is 13.9. The Bertz CT molecular complexity index is 514. The normalized spacial score (nSPS) is 26.5. The summed E-state index contributed by atoms with van der Waals surface area (Å²) in [5.74, 6) is 2.14. The van der Waals surface area contributed by atoms with E-state index in [-0.39, 0.29) is 0 Å². The van der Waals surface area contributed by atoms with Crippen LogP contribution in [-0.4, -0.2) is 47.6 Å². The van der Waals surface area contributed by atoms with Crippen molar-refractivity contribution in [1.82, 2.24) is 14.9 Å². The molecule has 0 aromatic carbocycles. The molecule has 1 aromatic heterocycles. The molecule has 0 bridgehead atoms. The number of likely N-dealkylation sites (tertiary alicyclic amines) is 1. The Balaban J connectivity index is 1.87. The molecule has 0 saturated carbocycles. The Morgan fingerprint density at radius 1 is 1.19 bits per heavy atom. The molecule has 0 amide bonds. The monoisotopic (exact) mass is 288 g/mol. The topological polar surface area (TPSA) is 32.3 Å². The summed E-state index contributed by atoms with van der Waals surface area (Å²) >= 11 is 0. The quantitative estimate of drug-likeness (QED) is 0.837. The highest BCUT2D eigenvalue weighted by Gasteiger charge is 2.28. The number of aromatic nitrogens is 2. The van der Waals surface area contributed by atoms with Crippen LogP contribution >= 0.6 is 0 Å². The summed E-state index contributed by atoms with van der Waals surface area (Å²) in [4.78, 5) is 14.4. The van der Waals surface area contributed by atoms with Gasteiger partial charge in [-0.3, -0.25) is 0 Å². The van der Waals surface area contributed by atoms with Crippen LogP contribution in [-0.2, 0) is 12.8 Å². The van der Waals surface area contributed by atoms with E-state index >= 15 is 0 Å². The molecule has 1 aromatic rings. The van der Waals surface area contributed by atoms with Crippen molar-refractivity contribution in [3.63, 3.8) is 0 Å². The van der Waals surface area contributed by atoms with Crippen molar-refractivity contribution in [2.45, 2.75) is 64.5 Å². The molecule has 3 rings (SSSR count). The van der Waals surface area contributed by atoms with Crippen LogP contribution in [0, 0.1) is 6.92 Å². The molecule has 1 aliphatic heterocycles. The number of fused-ring (bicyclic) bond motifs is 1. The van der Waals surface area contributed by atoms with Gasteiger partial charge in [0.1, 0.15) is 11.6 Å². The molecule has 0 radical (unpaired) electrons. The average molecular weight is 288 g/mol. The lowest BCUT2D eigenvalue weighted by molar-refractivity contribution is 0.181. The zero-order valence-corrected chi connectivity index (χ0v) is 13.9. The van der Waals surface area contributed by atoms with Crippen LogP contribution in [0.3, 0.4) is 0 Å². The van der Waals surface area contributed by atoms with Gasteiger partial charge >= 0.3 is 0 Å². The number of anilines is 1. The molecule has 1 saturated heterocycles. The van der Waals surface area contributed by atoms with Crippen LogP contribution in [0.1, 0.15) is 49.7 Å². The predicted octanol–water partition coefficient (Wildman–Crippen LogP) is 2.58. The summed E-state index contributed by atoms with van der Waals surface area (Å²) in [6.07, 6.45) is 7.29. The van der Waals surface area contributed by atoms with Gasteiger partial charge in [0.2, 0.25) is 0 Å². The third kappa shape index (κ3) is 2.91. The minimum Gasteiger partial charge on any atom is -0.356 e. The molecule has 21 heavy (non-hydrogen) atoms. The van der Waals surface area contributed by atoms with E-state index in [1.54, 1.807) is 0 Å². The van der Waals surface area contributed by atoms with Crippen molar-refractivity contribution < 1.29 is 0 Å². The van der Waals surface area contributed by atoms with Crippen LogP contribution in [0.5, 0.6) is 0 Å². The van der Waals surface area contributed by atoms with E-state index in [0.29, 0.717) is 12.1 Å². The molecular weight excluding hydrogens is 260 g/mol. The molecule has 1 aliphatic carbocycles. The van der Waals surface area contributed by atoms with Gasteiger partial charge in [-0.2, -0.15) is 0 Å². The van der Waals surface area contributed by atoms with Crippen LogP contribution < -0.4 is 4.90 Å². The van der Waals surface area contributed by atoms with Crippen molar-refractivity contribution >= 4 is 5.82 Å². The Morgan fingerprint density at radius 2 is 1.95 bits per heavy atom. The second-order valence-corrected chi connectivity index (χ2v) is 6.85. The van der Waals surface area contributed by atoms with E-state index in [2.05, 4.69) is 35.8 Å². The van der Waals surface area contributed by atoms with E-state index in [1.165, 1.54) is 49.3 Å². The van der Waals surface area contributed by atoms with Crippen molar-refractivity contribution in [3.05, 3.63) is 17.1 Å². The van der Waals surface area contributed by atoms with E-state index in [0.717, 1.165) is 18.7 Å². The van der Waals surface area contributed by atoms with Crippen LogP contribution in [0.4, 0.5) is 5.82 Å². The highest BCUT2D eigenvalue weighted by atomic mass is 15.2. The first-order chi connectivity index (χ1) is 10.1. The lowest BCUT2D eigenvalue weighted by Gasteiger charge is -2.40. The molecule has 0 N–H and O–H groups in total. The molecule has 4 heteroatoms. The Morgan fingerprint density at radius 3 is 2.71 bits per heavy atom. The highest BCUT2D eigenvalue weighted by molar-refractivity contribution is 5.50. The summed E-state index contributed by atoms with van der Waals surface area (Å²) in [5, 5.41) is 0. The highest BCUT2D eigenvalue weighted by Crippen LogP contribution is 2.31. The van der Waals surface area contributed by atoms with Gasteiger partial charge in [-0.05, 0) is 59.4 Å². The SMILES string of the molecule is Cc1nc2c(c(N(C)C3CCN(C)C(C)C3)n1)CCCC2. The summed E-state index contributed by atoms with van der Waals surface area (Å²) in [6.45, 7) is 5.55. The van der Waals surface area contributed by atoms with Gasteiger partial charge in [-0.1, -0.05) is 0 Å². The molecule has 116 valence electrons. The second kappa shape index (κ2) is 5.91. The lowest BCUT2D eigenvalue weighted by atomic mass is 9.94. The molecule has 1 fully saturated rings. The van der Waals surface area contributed by atoms with Gasteiger partial charge in [-0.15, -0.1) is 0 Å². The van der Waals surface area contributed by atoms with E-state index in [9.17, 15) is 0 Å². The van der Waals surface area contributed by atoms with Crippen molar-refractivity contribution in [3.8, 4) is 0 Å². The Kier molecular flexibility index (Phi) is 4.16. The first kappa shape index (κ1) is 14.8. The standard InChI is InChI=1S/C17H28N4/c1-12-11-14(9-10-20(12)3)21(4)17-15-7-5-6-8-16(15)18-13(2)19-17/h12,14H,5-11H2,1-4H3. The van der Waals surface area contributed by atoms with Crippen molar-refractivity contribution in [2.24, 2.45) is 0 Å². The minimum absolute atomic E-state index is 0.608. The van der Waals surface area contributed by atoms with E-state index in [4.69, 9.17) is 4.98 Å². The number of hydrogen-bond donors (Lipinski definition) is 0. The van der Waals surface area contributed by atoms with E-state index in [1.807, 2.05) is 6.92 Å². The number of rotatable bonds is 2. The van der Waals surface area contributed by atoms with Crippen LogP contribution in [0.25, 0.3) is 0 Å². The first-order valence-electron chi connectivity index (χ1n) is 8.35. The summed E-state index contributed by atoms with van der Waals surface area (Å²) < 4.78 is 0. The number of nitrogens with zero attached hydrogens (tertiary/aromatic N) is 4. The Hall–Kier alpha value is -1.16. The molecule has 4 nitrogen and oxygen atoms in total. The van der Waals surface area contributed by atoms with Crippen LogP contribution in [0.15, 0.2) is 0 Å². The summed E-state index contributed by atoms with van der Waals surface area (Å²) in [5.41, 5.74) is 2.72. The van der Waals surface area contributed by atoms with Gasteiger partial charge in [0.25, 0.3) is 0 Å². The lowest BCUT2D eigenvalue weighted by Crippen LogP contribution is -2.47. The van der Waals surface area contributed by atoms with Crippen molar-refractivity contribution in [2.75, 3.05) is 25.5 Å².